The van der Waals surface area contributed by atoms with Crippen LogP contribution in [0.4, 0.5) is 22.7 Å². The maximum atomic E-state index is 13.4. The fraction of sp³-hybridized carbons (Fsp3) is 0. The highest BCUT2D eigenvalue weighted by atomic mass is 32.2. The van der Waals surface area contributed by atoms with E-state index in [1.807, 2.05) is 0 Å². The molecular weight excluding hydrogens is 502 g/mol. The smallest absolute Gasteiger partial charge is 0.314 e. The van der Waals surface area contributed by atoms with Gasteiger partial charge in [-0.3, -0.25) is 9.59 Å². The number of carbonyl (C=O) groups excluding carboxylic acids is 2. The van der Waals surface area contributed by atoms with Crippen LogP contribution >= 0.6 is 0 Å². The Morgan fingerprint density at radius 2 is 1.23 bits per heavy atom. The quantitative estimate of drug-likeness (QED) is 0.173. The van der Waals surface area contributed by atoms with Gasteiger partial charge in [-0.25, -0.2) is 0 Å². The predicted molar refractivity (Wildman–Crippen MR) is 123 cm³/mol. The van der Waals surface area contributed by atoms with E-state index in [0.717, 1.165) is 12.1 Å². The molecule has 0 radical (unpaired) electrons. The summed E-state index contributed by atoms with van der Waals surface area (Å²) in [6.07, 6.45) is 0. The molecule has 0 atom stereocenters. The third kappa shape index (κ3) is 3.91. The van der Waals surface area contributed by atoms with Gasteiger partial charge in [0.25, 0.3) is 0 Å². The molecular formula is C20H17N5O8S2. The third-order valence-electron chi connectivity index (χ3n) is 5.27. The van der Waals surface area contributed by atoms with E-state index in [9.17, 15) is 26.4 Å². The van der Waals surface area contributed by atoms with Gasteiger partial charge in [0, 0.05) is 16.8 Å². The summed E-state index contributed by atoms with van der Waals surface area (Å²) in [5.41, 5.74) is 9.99. The van der Waals surface area contributed by atoms with Crippen LogP contribution in [0.15, 0.2) is 58.3 Å². The summed E-state index contributed by atoms with van der Waals surface area (Å²) in [6, 6.07) is 10.3. The minimum atomic E-state index is -4.68. The second kappa shape index (κ2) is 8.42. The molecule has 0 aliphatic heterocycles. The van der Waals surface area contributed by atoms with E-state index in [0.29, 0.717) is 0 Å². The van der Waals surface area contributed by atoms with Gasteiger partial charge in [-0.2, -0.15) is 37.2 Å². The van der Waals surface area contributed by atoms with E-state index in [1.54, 1.807) is 0 Å². The standard InChI is InChI=1S/C20H17N5O8S2/c21-9-5-6-12(14(7-9)34(28,29)32-23)25-13-8-15(35(30,31)33-24)18(22)17-16(13)19(26)10-3-1-2-4-11(10)20(17)27/h1-8,25H,21-24H2. The van der Waals surface area contributed by atoms with Crippen LogP contribution in [0, 0.1) is 0 Å². The molecule has 0 spiro atoms. The van der Waals surface area contributed by atoms with Gasteiger partial charge in [0.2, 0.25) is 0 Å². The summed E-state index contributed by atoms with van der Waals surface area (Å²) < 4.78 is 57.7. The Hall–Kier alpha value is -3.86. The van der Waals surface area contributed by atoms with E-state index in [1.165, 1.54) is 36.4 Å². The van der Waals surface area contributed by atoms with Gasteiger partial charge in [0.05, 0.1) is 28.2 Å². The molecule has 9 N–H and O–H groups in total. The van der Waals surface area contributed by atoms with Gasteiger partial charge in [0.15, 0.2) is 11.6 Å². The number of fused-ring (bicyclic) bond motifs is 2. The minimum absolute atomic E-state index is 0.00171. The minimum Gasteiger partial charge on any atom is -0.399 e. The van der Waals surface area contributed by atoms with E-state index in [2.05, 4.69) is 13.9 Å². The van der Waals surface area contributed by atoms with Crippen molar-refractivity contribution >= 4 is 54.6 Å². The van der Waals surface area contributed by atoms with Gasteiger partial charge >= 0.3 is 20.2 Å². The number of hydrogen-bond donors (Lipinski definition) is 5. The topological polar surface area (TPSA) is 237 Å². The summed E-state index contributed by atoms with van der Waals surface area (Å²) in [5.74, 6) is 8.39. The predicted octanol–water partition coefficient (Wildman–Crippen LogP) is 0.528. The highest BCUT2D eigenvalue weighted by Crippen LogP contribution is 2.41. The van der Waals surface area contributed by atoms with Gasteiger partial charge in [-0.05, 0) is 24.3 Å². The average Bonchev–Trinajstić information content (AvgIpc) is 2.84. The van der Waals surface area contributed by atoms with Crippen LogP contribution < -0.4 is 28.6 Å². The number of ketones is 2. The summed E-state index contributed by atoms with van der Waals surface area (Å²) in [6.45, 7) is 0. The monoisotopic (exact) mass is 519 g/mol. The van der Waals surface area contributed by atoms with Crippen molar-refractivity contribution in [2.45, 2.75) is 9.79 Å². The van der Waals surface area contributed by atoms with Crippen molar-refractivity contribution in [3.63, 3.8) is 0 Å². The Kier molecular flexibility index (Phi) is 5.84. The molecule has 4 rings (SSSR count). The van der Waals surface area contributed by atoms with E-state index in [4.69, 9.17) is 23.3 Å². The first-order chi connectivity index (χ1) is 16.4. The molecule has 0 unspecified atom stereocenters. The zero-order chi connectivity index (χ0) is 25.7. The fourth-order valence-electron chi connectivity index (χ4n) is 3.70. The second-order valence-electron chi connectivity index (χ2n) is 7.27. The molecule has 3 aromatic rings. The molecule has 15 heteroatoms. The number of nitrogens with one attached hydrogen (secondary N) is 1. The van der Waals surface area contributed by atoms with Crippen LogP contribution in [0.3, 0.4) is 0 Å². The number of nitrogen functional groups attached to an aromatic ring is 2. The first-order valence-electron chi connectivity index (χ1n) is 9.51. The summed E-state index contributed by atoms with van der Waals surface area (Å²) >= 11 is 0. The van der Waals surface area contributed by atoms with Gasteiger partial charge in [-0.15, -0.1) is 0 Å². The van der Waals surface area contributed by atoms with Crippen molar-refractivity contribution < 1.29 is 35.0 Å². The maximum Gasteiger partial charge on any atom is 0.314 e. The molecule has 35 heavy (non-hydrogen) atoms. The van der Waals surface area contributed by atoms with Crippen LogP contribution in [0.25, 0.3) is 0 Å². The lowest BCUT2D eigenvalue weighted by molar-refractivity contribution is 0.0980. The van der Waals surface area contributed by atoms with Gasteiger partial charge in [-0.1, -0.05) is 24.3 Å². The molecule has 0 saturated heterocycles. The zero-order valence-corrected chi connectivity index (χ0v) is 19.1. The van der Waals surface area contributed by atoms with E-state index < -0.39 is 52.8 Å². The number of anilines is 4. The molecule has 182 valence electrons. The number of benzene rings is 3. The lowest BCUT2D eigenvalue weighted by Crippen LogP contribution is -2.26. The van der Waals surface area contributed by atoms with Crippen molar-refractivity contribution in [2.24, 2.45) is 11.8 Å². The first kappa shape index (κ1) is 24.3. The highest BCUT2D eigenvalue weighted by molar-refractivity contribution is 7.87. The van der Waals surface area contributed by atoms with Crippen molar-refractivity contribution in [3.05, 3.63) is 70.8 Å². The lowest BCUT2D eigenvalue weighted by atomic mass is 9.82. The number of rotatable bonds is 6. The molecule has 0 saturated carbocycles. The van der Waals surface area contributed by atoms with Crippen molar-refractivity contribution in [1.82, 2.24) is 0 Å². The van der Waals surface area contributed by atoms with Crippen LogP contribution in [0.1, 0.15) is 31.8 Å². The Morgan fingerprint density at radius 1 is 0.686 bits per heavy atom. The lowest BCUT2D eigenvalue weighted by Gasteiger charge is -2.24. The SMILES string of the molecule is NOS(=O)(=O)c1cc(N)ccc1Nc1cc(S(=O)(=O)ON)c(N)c2c1C(=O)c1ccccc1C2=O. The number of hydrogen-bond acceptors (Lipinski definition) is 13. The molecule has 13 nitrogen and oxygen atoms in total. The molecule has 1 aliphatic carbocycles. The van der Waals surface area contributed by atoms with Crippen LogP contribution in [0.2, 0.25) is 0 Å². The van der Waals surface area contributed by atoms with Crippen molar-refractivity contribution in [3.8, 4) is 0 Å². The maximum absolute atomic E-state index is 13.4. The number of carbonyl (C=O) groups is 2. The number of nitrogens with two attached hydrogens (primary N) is 4. The molecule has 0 amide bonds. The van der Waals surface area contributed by atoms with Crippen LogP contribution in [0.5, 0.6) is 0 Å². The summed E-state index contributed by atoms with van der Waals surface area (Å²) in [5, 5.41) is 2.65. The Balaban J connectivity index is 2.06. The largest absolute Gasteiger partial charge is 0.399 e. The normalized spacial score (nSPS) is 13.3. The molecule has 3 aromatic carbocycles. The zero-order valence-electron chi connectivity index (χ0n) is 17.5. The fourth-order valence-corrected chi connectivity index (χ4v) is 5.21. The van der Waals surface area contributed by atoms with Gasteiger partial charge in [0.1, 0.15) is 9.79 Å². The summed E-state index contributed by atoms with van der Waals surface area (Å²) in [7, 11) is -9.20. The summed E-state index contributed by atoms with van der Waals surface area (Å²) in [4.78, 5) is 25.4. The second-order valence-corrected chi connectivity index (χ2v) is 10.4. The highest BCUT2D eigenvalue weighted by Gasteiger charge is 2.37. The van der Waals surface area contributed by atoms with E-state index in [-0.39, 0.29) is 33.8 Å². The molecule has 0 aromatic heterocycles. The Labute approximate surface area is 198 Å². The average molecular weight is 520 g/mol. The van der Waals surface area contributed by atoms with Crippen molar-refractivity contribution in [1.29, 1.82) is 0 Å². The molecule has 1 aliphatic rings. The Morgan fingerprint density at radius 3 is 1.80 bits per heavy atom. The molecule has 0 fully saturated rings. The van der Waals surface area contributed by atoms with Gasteiger partial charge < -0.3 is 16.8 Å². The third-order valence-corrected chi connectivity index (χ3v) is 7.53. The van der Waals surface area contributed by atoms with Crippen LogP contribution in [-0.2, 0) is 28.8 Å². The van der Waals surface area contributed by atoms with Crippen LogP contribution in [-0.4, -0.2) is 28.4 Å². The first-order valence-corrected chi connectivity index (χ1v) is 12.3. The molecule has 0 heterocycles. The van der Waals surface area contributed by atoms with Crippen molar-refractivity contribution in [2.75, 3.05) is 16.8 Å². The van der Waals surface area contributed by atoms with E-state index >= 15 is 0 Å². The molecule has 0 bridgehead atoms. The Bertz CT molecular complexity index is 1640.